The molecule has 1 nitrogen and oxygen atoms in total. The van der Waals surface area contributed by atoms with Crippen LogP contribution in [0.15, 0.2) is 0 Å². The molecule has 0 aromatic heterocycles. The van der Waals surface area contributed by atoms with Crippen LogP contribution < -0.4 is 5.32 Å². The molecule has 0 aromatic carbocycles. The van der Waals surface area contributed by atoms with Gasteiger partial charge in [0.25, 0.3) is 0 Å². The average Bonchev–Trinajstić information content (AvgIpc) is 2.21. The maximum Gasteiger partial charge on any atom is 0.0301 e. The number of hydrogen-bond donors (Lipinski definition) is 1. The molecule has 0 amide bonds. The Bertz CT molecular complexity index is 72.2. The summed E-state index contributed by atoms with van der Waals surface area (Å²) >= 11 is 0. The van der Waals surface area contributed by atoms with Gasteiger partial charge >= 0.3 is 0 Å². The Morgan fingerprint density at radius 2 is 2.00 bits per heavy atom. The van der Waals surface area contributed by atoms with Gasteiger partial charge in [-0.25, -0.2) is 0 Å². The van der Waals surface area contributed by atoms with E-state index in [-0.39, 0.29) is 0 Å². The van der Waals surface area contributed by atoms with Gasteiger partial charge in [-0.3, -0.25) is 0 Å². The Morgan fingerprint density at radius 3 is 2.00 bits per heavy atom. The first-order valence-electron chi connectivity index (χ1n) is 2.90. The van der Waals surface area contributed by atoms with E-state index in [9.17, 15) is 0 Å². The standard InChI is InChI=1S/C6H13N/c1-5(2)6(3)4-7-6/h5,7H,4H2,1-3H3/t6-/m0/s1. The zero-order valence-corrected chi connectivity index (χ0v) is 5.28. The van der Waals surface area contributed by atoms with Gasteiger partial charge in [0.1, 0.15) is 0 Å². The Morgan fingerprint density at radius 1 is 1.57 bits per heavy atom. The van der Waals surface area contributed by atoms with Gasteiger partial charge in [-0.15, -0.1) is 0 Å². The van der Waals surface area contributed by atoms with Gasteiger partial charge in [-0.2, -0.15) is 0 Å². The predicted molar refractivity (Wildman–Crippen MR) is 31.2 cm³/mol. The van der Waals surface area contributed by atoms with Crippen molar-refractivity contribution in [3.63, 3.8) is 0 Å². The lowest BCUT2D eigenvalue weighted by Gasteiger charge is -2.08. The summed E-state index contributed by atoms with van der Waals surface area (Å²) in [4.78, 5) is 0. The molecule has 0 radical (unpaired) electrons. The first-order valence-corrected chi connectivity index (χ1v) is 2.90. The van der Waals surface area contributed by atoms with E-state index in [4.69, 9.17) is 0 Å². The second-order valence-corrected chi connectivity index (χ2v) is 2.93. The van der Waals surface area contributed by atoms with E-state index in [1.54, 1.807) is 0 Å². The van der Waals surface area contributed by atoms with E-state index in [1.165, 1.54) is 6.54 Å². The summed E-state index contributed by atoms with van der Waals surface area (Å²) in [6.07, 6.45) is 0. The Hall–Kier alpha value is -0.0400. The largest absolute Gasteiger partial charge is 0.308 e. The average molecular weight is 99.2 g/mol. The van der Waals surface area contributed by atoms with Crippen molar-refractivity contribution in [2.24, 2.45) is 5.92 Å². The Kier molecular flexibility index (Phi) is 0.890. The summed E-state index contributed by atoms with van der Waals surface area (Å²) in [6.45, 7) is 7.97. The lowest BCUT2D eigenvalue weighted by molar-refractivity contribution is 0.490. The van der Waals surface area contributed by atoms with Crippen LogP contribution in [0.4, 0.5) is 0 Å². The zero-order valence-electron chi connectivity index (χ0n) is 5.28. The summed E-state index contributed by atoms with van der Waals surface area (Å²) in [5.41, 5.74) is 0.500. The van der Waals surface area contributed by atoms with Gasteiger partial charge in [0, 0.05) is 12.1 Å². The first kappa shape index (κ1) is 5.10. The third-order valence-corrected chi connectivity index (χ3v) is 2.01. The van der Waals surface area contributed by atoms with Crippen molar-refractivity contribution in [2.45, 2.75) is 26.3 Å². The van der Waals surface area contributed by atoms with E-state index in [1.807, 2.05) is 0 Å². The van der Waals surface area contributed by atoms with Crippen molar-refractivity contribution >= 4 is 0 Å². The third-order valence-electron chi connectivity index (χ3n) is 2.01. The fourth-order valence-corrected chi connectivity index (χ4v) is 0.548. The minimum atomic E-state index is 0.500. The molecule has 1 aliphatic rings. The summed E-state index contributed by atoms with van der Waals surface area (Å²) in [5.74, 6) is 0.799. The molecule has 1 heterocycles. The molecule has 0 spiro atoms. The summed E-state index contributed by atoms with van der Waals surface area (Å²) < 4.78 is 0. The van der Waals surface area contributed by atoms with Crippen molar-refractivity contribution in [1.29, 1.82) is 0 Å². The highest BCUT2D eigenvalue weighted by molar-refractivity contribution is 5.01. The summed E-state index contributed by atoms with van der Waals surface area (Å²) in [5, 5.41) is 3.31. The minimum Gasteiger partial charge on any atom is -0.308 e. The highest BCUT2D eigenvalue weighted by Crippen LogP contribution is 2.24. The SMILES string of the molecule is CC(C)[C@]1(C)CN1. The topological polar surface area (TPSA) is 21.9 Å². The molecule has 1 atom stereocenters. The van der Waals surface area contributed by atoms with Crippen LogP contribution in [0.3, 0.4) is 0 Å². The van der Waals surface area contributed by atoms with E-state index >= 15 is 0 Å². The van der Waals surface area contributed by atoms with Crippen LogP contribution in [0, 0.1) is 5.92 Å². The zero-order chi connectivity index (χ0) is 5.49. The van der Waals surface area contributed by atoms with Crippen LogP contribution in [0.25, 0.3) is 0 Å². The molecule has 0 aliphatic carbocycles. The molecule has 0 saturated carbocycles. The highest BCUT2D eigenvalue weighted by atomic mass is 15.2. The monoisotopic (exact) mass is 99.1 g/mol. The van der Waals surface area contributed by atoms with Crippen molar-refractivity contribution in [2.75, 3.05) is 6.54 Å². The highest BCUT2D eigenvalue weighted by Gasteiger charge is 2.39. The molecule has 1 fully saturated rings. The van der Waals surface area contributed by atoms with E-state index < -0.39 is 0 Å². The molecular formula is C6H13N. The van der Waals surface area contributed by atoms with Gasteiger partial charge in [0.15, 0.2) is 0 Å². The van der Waals surface area contributed by atoms with Crippen LogP contribution >= 0.6 is 0 Å². The maximum absolute atomic E-state index is 3.31. The van der Waals surface area contributed by atoms with E-state index in [0.29, 0.717) is 5.54 Å². The van der Waals surface area contributed by atoms with E-state index in [0.717, 1.165) is 5.92 Å². The molecule has 0 unspecified atom stereocenters. The second kappa shape index (κ2) is 1.22. The van der Waals surface area contributed by atoms with Crippen LogP contribution in [0.2, 0.25) is 0 Å². The predicted octanol–water partition coefficient (Wildman–Crippen LogP) is 1.00. The normalized spacial score (nSPS) is 39.4. The van der Waals surface area contributed by atoms with Crippen molar-refractivity contribution in [3.05, 3.63) is 0 Å². The fraction of sp³-hybridized carbons (Fsp3) is 1.00. The number of rotatable bonds is 1. The molecule has 1 heteroatoms. The van der Waals surface area contributed by atoms with Crippen LogP contribution in [0.5, 0.6) is 0 Å². The molecular weight excluding hydrogens is 86.1 g/mol. The fourth-order valence-electron chi connectivity index (χ4n) is 0.548. The van der Waals surface area contributed by atoms with Crippen molar-refractivity contribution in [1.82, 2.24) is 5.32 Å². The first-order chi connectivity index (χ1) is 3.15. The Balaban J connectivity index is 2.39. The van der Waals surface area contributed by atoms with Crippen LogP contribution in [-0.4, -0.2) is 12.1 Å². The lowest BCUT2D eigenvalue weighted by Crippen LogP contribution is -2.17. The van der Waals surface area contributed by atoms with E-state index in [2.05, 4.69) is 26.1 Å². The number of hydrogen-bond acceptors (Lipinski definition) is 1. The van der Waals surface area contributed by atoms with Gasteiger partial charge in [0.2, 0.25) is 0 Å². The second-order valence-electron chi connectivity index (χ2n) is 2.93. The molecule has 1 N–H and O–H groups in total. The minimum absolute atomic E-state index is 0.500. The molecule has 0 aromatic rings. The van der Waals surface area contributed by atoms with Gasteiger partial charge in [0.05, 0.1) is 0 Å². The molecule has 42 valence electrons. The van der Waals surface area contributed by atoms with Gasteiger partial charge in [-0.1, -0.05) is 13.8 Å². The quantitative estimate of drug-likeness (QED) is 0.487. The lowest BCUT2D eigenvalue weighted by atomic mass is 9.99. The maximum atomic E-state index is 3.31. The van der Waals surface area contributed by atoms with Crippen molar-refractivity contribution < 1.29 is 0 Å². The number of nitrogens with one attached hydrogen (secondary N) is 1. The molecule has 0 bridgehead atoms. The molecule has 1 saturated heterocycles. The third kappa shape index (κ3) is 0.778. The molecule has 1 aliphatic heterocycles. The van der Waals surface area contributed by atoms with Crippen LogP contribution in [0.1, 0.15) is 20.8 Å². The summed E-state index contributed by atoms with van der Waals surface area (Å²) in [6, 6.07) is 0. The molecule has 1 rings (SSSR count). The smallest absolute Gasteiger partial charge is 0.0301 e. The van der Waals surface area contributed by atoms with Gasteiger partial charge < -0.3 is 5.32 Å². The van der Waals surface area contributed by atoms with Crippen LogP contribution in [-0.2, 0) is 0 Å². The Labute approximate surface area is 45.1 Å². The van der Waals surface area contributed by atoms with Gasteiger partial charge in [-0.05, 0) is 12.8 Å². The summed E-state index contributed by atoms with van der Waals surface area (Å²) in [7, 11) is 0. The van der Waals surface area contributed by atoms with Crippen molar-refractivity contribution in [3.8, 4) is 0 Å². The molecule has 7 heavy (non-hydrogen) atoms.